The number of anilines is 1. The quantitative estimate of drug-likeness (QED) is 0.825. The number of nitrogens with zero attached hydrogens (tertiary/aromatic N) is 3. The van der Waals surface area contributed by atoms with Gasteiger partial charge in [0.25, 0.3) is 0 Å². The van der Waals surface area contributed by atoms with Crippen LogP contribution in [0.3, 0.4) is 0 Å². The second-order valence-electron chi connectivity index (χ2n) is 5.19. The molecule has 1 saturated heterocycles. The van der Waals surface area contributed by atoms with E-state index in [0.717, 1.165) is 36.2 Å². The van der Waals surface area contributed by atoms with E-state index in [-0.39, 0.29) is 12.1 Å². The van der Waals surface area contributed by atoms with Gasteiger partial charge in [0.2, 0.25) is 0 Å². The van der Waals surface area contributed by atoms with Crippen LogP contribution in [0.1, 0.15) is 6.92 Å². The van der Waals surface area contributed by atoms with Gasteiger partial charge >= 0.3 is 6.03 Å². The summed E-state index contributed by atoms with van der Waals surface area (Å²) >= 11 is 0. The zero-order valence-corrected chi connectivity index (χ0v) is 11.8. The fraction of sp³-hybridized carbons (Fsp3) is 0.429. The molecule has 1 aromatic heterocycles. The van der Waals surface area contributed by atoms with Crippen molar-refractivity contribution >= 4 is 22.6 Å². The van der Waals surface area contributed by atoms with Crippen LogP contribution in [0.15, 0.2) is 24.4 Å². The van der Waals surface area contributed by atoms with Gasteiger partial charge in [0.05, 0.1) is 17.4 Å². The fourth-order valence-corrected chi connectivity index (χ4v) is 2.66. The van der Waals surface area contributed by atoms with E-state index in [9.17, 15) is 4.79 Å². The maximum absolute atomic E-state index is 12.4. The Labute approximate surface area is 117 Å². The topological polar surface area (TPSA) is 62.2 Å². The lowest BCUT2D eigenvalue weighted by atomic mass is 10.2. The number of hydrogen-bond donors (Lipinski definition) is 2. The van der Waals surface area contributed by atoms with Crippen LogP contribution in [-0.2, 0) is 7.05 Å². The highest BCUT2D eigenvalue weighted by atomic mass is 16.2. The molecule has 1 unspecified atom stereocenters. The lowest BCUT2D eigenvalue weighted by molar-refractivity contribution is 0.177. The molecule has 1 atom stereocenters. The molecule has 106 valence electrons. The highest BCUT2D eigenvalue weighted by Crippen LogP contribution is 2.23. The van der Waals surface area contributed by atoms with Gasteiger partial charge in [-0.3, -0.25) is 4.68 Å². The Morgan fingerprint density at radius 3 is 3.15 bits per heavy atom. The number of rotatable bonds is 1. The first-order valence-corrected chi connectivity index (χ1v) is 6.86. The van der Waals surface area contributed by atoms with Crippen LogP contribution < -0.4 is 10.6 Å². The van der Waals surface area contributed by atoms with Crippen molar-refractivity contribution in [2.75, 3.05) is 25.0 Å². The molecule has 1 aliphatic heterocycles. The molecule has 6 heteroatoms. The molecule has 6 nitrogen and oxygen atoms in total. The van der Waals surface area contributed by atoms with Crippen LogP contribution in [0.2, 0.25) is 0 Å². The number of carbonyl (C=O) groups excluding carboxylic acids is 1. The van der Waals surface area contributed by atoms with Crippen molar-refractivity contribution in [3.63, 3.8) is 0 Å². The number of aryl methyl sites for hydroxylation is 1. The highest BCUT2D eigenvalue weighted by Gasteiger charge is 2.23. The number of fused-ring (bicyclic) bond motifs is 1. The summed E-state index contributed by atoms with van der Waals surface area (Å²) in [6, 6.07) is 5.99. The van der Waals surface area contributed by atoms with Gasteiger partial charge in [-0.2, -0.15) is 5.10 Å². The number of aromatic nitrogens is 2. The minimum atomic E-state index is -0.0484. The Hall–Kier alpha value is -2.08. The predicted molar refractivity (Wildman–Crippen MR) is 78.8 cm³/mol. The summed E-state index contributed by atoms with van der Waals surface area (Å²) in [6.45, 7) is 4.46. The summed E-state index contributed by atoms with van der Waals surface area (Å²) in [5, 5.41) is 11.6. The van der Waals surface area contributed by atoms with Gasteiger partial charge in [-0.1, -0.05) is 12.1 Å². The van der Waals surface area contributed by atoms with E-state index in [1.165, 1.54) is 0 Å². The second kappa shape index (κ2) is 5.13. The Morgan fingerprint density at radius 1 is 1.50 bits per heavy atom. The molecule has 20 heavy (non-hydrogen) atoms. The van der Waals surface area contributed by atoms with E-state index in [1.807, 2.05) is 30.1 Å². The number of urea groups is 1. The molecule has 2 amide bonds. The number of amides is 2. The van der Waals surface area contributed by atoms with Crippen molar-refractivity contribution in [3.8, 4) is 0 Å². The first-order chi connectivity index (χ1) is 9.66. The van der Waals surface area contributed by atoms with Gasteiger partial charge in [-0.25, -0.2) is 4.79 Å². The third kappa shape index (κ3) is 2.22. The van der Waals surface area contributed by atoms with Crippen LogP contribution in [0, 0.1) is 0 Å². The zero-order valence-electron chi connectivity index (χ0n) is 11.8. The molecule has 3 rings (SSSR count). The summed E-state index contributed by atoms with van der Waals surface area (Å²) < 4.78 is 1.78. The second-order valence-corrected chi connectivity index (χ2v) is 5.19. The molecule has 2 heterocycles. The van der Waals surface area contributed by atoms with Gasteiger partial charge < -0.3 is 15.5 Å². The average molecular weight is 273 g/mol. The minimum Gasteiger partial charge on any atom is -0.319 e. The average Bonchev–Trinajstić information content (AvgIpc) is 2.82. The van der Waals surface area contributed by atoms with Gasteiger partial charge in [0, 0.05) is 38.1 Å². The molecule has 2 N–H and O–H groups in total. The summed E-state index contributed by atoms with van der Waals surface area (Å²) in [4.78, 5) is 14.3. The van der Waals surface area contributed by atoms with Crippen LogP contribution in [0.25, 0.3) is 10.9 Å². The van der Waals surface area contributed by atoms with Crippen molar-refractivity contribution in [1.82, 2.24) is 20.0 Å². The standard InChI is InChI=1S/C14H19N5O/c1-10-8-15-6-7-19(10)14(20)17-12-5-3-4-11-9-16-18(2)13(11)12/h3-5,9-10,15H,6-8H2,1-2H3,(H,17,20). The third-order valence-electron chi connectivity index (χ3n) is 3.76. The molecule has 1 fully saturated rings. The summed E-state index contributed by atoms with van der Waals surface area (Å²) in [7, 11) is 1.88. The van der Waals surface area contributed by atoms with E-state index in [1.54, 1.807) is 10.9 Å². The van der Waals surface area contributed by atoms with Crippen molar-refractivity contribution in [2.45, 2.75) is 13.0 Å². The Balaban J connectivity index is 1.85. The monoisotopic (exact) mass is 273 g/mol. The summed E-state index contributed by atoms with van der Waals surface area (Å²) in [5.41, 5.74) is 1.75. The Morgan fingerprint density at radius 2 is 2.35 bits per heavy atom. The van der Waals surface area contributed by atoms with E-state index >= 15 is 0 Å². The molecule has 0 saturated carbocycles. The number of para-hydroxylation sites is 1. The number of benzene rings is 1. The fourth-order valence-electron chi connectivity index (χ4n) is 2.66. The van der Waals surface area contributed by atoms with Gasteiger partial charge in [-0.05, 0) is 13.0 Å². The maximum atomic E-state index is 12.4. The van der Waals surface area contributed by atoms with Crippen molar-refractivity contribution in [2.24, 2.45) is 7.05 Å². The molecule has 0 aliphatic carbocycles. The normalized spacial score (nSPS) is 19.3. The lowest BCUT2D eigenvalue weighted by Crippen LogP contribution is -2.53. The van der Waals surface area contributed by atoms with Gasteiger partial charge in [0.1, 0.15) is 0 Å². The molecule has 1 aliphatic rings. The molecule has 0 spiro atoms. The van der Waals surface area contributed by atoms with Crippen molar-refractivity contribution < 1.29 is 4.79 Å². The first-order valence-electron chi connectivity index (χ1n) is 6.86. The molecular formula is C14H19N5O. The predicted octanol–water partition coefficient (Wildman–Crippen LogP) is 1.40. The van der Waals surface area contributed by atoms with Crippen LogP contribution in [-0.4, -0.2) is 46.4 Å². The van der Waals surface area contributed by atoms with E-state index in [2.05, 4.69) is 22.7 Å². The largest absolute Gasteiger partial charge is 0.322 e. The van der Waals surface area contributed by atoms with Gasteiger partial charge in [0.15, 0.2) is 0 Å². The lowest BCUT2D eigenvalue weighted by Gasteiger charge is -2.33. The van der Waals surface area contributed by atoms with Crippen LogP contribution in [0.5, 0.6) is 0 Å². The smallest absolute Gasteiger partial charge is 0.319 e. The maximum Gasteiger partial charge on any atom is 0.322 e. The van der Waals surface area contributed by atoms with Crippen LogP contribution >= 0.6 is 0 Å². The van der Waals surface area contributed by atoms with Crippen molar-refractivity contribution in [1.29, 1.82) is 0 Å². The van der Waals surface area contributed by atoms with Gasteiger partial charge in [-0.15, -0.1) is 0 Å². The molecule has 2 aromatic rings. The third-order valence-corrected chi connectivity index (χ3v) is 3.76. The van der Waals surface area contributed by atoms with E-state index in [0.29, 0.717) is 0 Å². The Bertz CT molecular complexity index is 636. The first kappa shape index (κ1) is 12.9. The van der Waals surface area contributed by atoms with Crippen molar-refractivity contribution in [3.05, 3.63) is 24.4 Å². The highest BCUT2D eigenvalue weighted by molar-refractivity contribution is 5.99. The molecule has 0 radical (unpaired) electrons. The molecule has 1 aromatic carbocycles. The Kier molecular flexibility index (Phi) is 3.31. The number of hydrogen-bond acceptors (Lipinski definition) is 3. The van der Waals surface area contributed by atoms with E-state index in [4.69, 9.17) is 0 Å². The number of nitrogens with one attached hydrogen (secondary N) is 2. The summed E-state index contributed by atoms with van der Waals surface area (Å²) in [5.74, 6) is 0. The minimum absolute atomic E-state index is 0.0484. The number of carbonyl (C=O) groups is 1. The van der Waals surface area contributed by atoms with E-state index < -0.39 is 0 Å². The molecule has 0 bridgehead atoms. The zero-order chi connectivity index (χ0) is 14.1. The number of piperazine rings is 1. The SMILES string of the molecule is CC1CNCCN1C(=O)Nc1cccc2cnn(C)c12. The molecular weight excluding hydrogens is 254 g/mol. The summed E-state index contributed by atoms with van der Waals surface area (Å²) in [6.07, 6.45) is 1.80. The van der Waals surface area contributed by atoms with Crippen LogP contribution in [0.4, 0.5) is 10.5 Å².